The van der Waals surface area contributed by atoms with Gasteiger partial charge in [0, 0.05) is 6.04 Å². The molecule has 2 heteroatoms. The van der Waals surface area contributed by atoms with E-state index in [1.807, 2.05) is 0 Å². The largest absolute Gasteiger partial charge is 0.271 e. The predicted octanol–water partition coefficient (Wildman–Crippen LogP) is 3.67. The molecular formula is C16H28N2. The zero-order valence-electron chi connectivity index (χ0n) is 11.9. The van der Waals surface area contributed by atoms with Gasteiger partial charge in [-0.15, -0.1) is 0 Å². The van der Waals surface area contributed by atoms with E-state index in [9.17, 15) is 0 Å². The molecule has 1 aromatic rings. The molecule has 3 N–H and O–H groups in total. The minimum Gasteiger partial charge on any atom is -0.271 e. The molecule has 0 bridgehead atoms. The van der Waals surface area contributed by atoms with Gasteiger partial charge in [0.05, 0.1) is 0 Å². The van der Waals surface area contributed by atoms with Gasteiger partial charge in [0.25, 0.3) is 0 Å². The summed E-state index contributed by atoms with van der Waals surface area (Å²) in [6.45, 7) is 4.55. The molecule has 0 aliphatic carbocycles. The number of nitrogens with one attached hydrogen (secondary N) is 1. The second kappa shape index (κ2) is 9.12. The summed E-state index contributed by atoms with van der Waals surface area (Å²) < 4.78 is 0. The Hall–Kier alpha value is -0.860. The number of hydrazine groups is 1. The van der Waals surface area contributed by atoms with Crippen LogP contribution >= 0.6 is 0 Å². The van der Waals surface area contributed by atoms with Gasteiger partial charge in [-0.25, -0.2) is 0 Å². The van der Waals surface area contributed by atoms with Crippen LogP contribution in [0, 0.1) is 5.92 Å². The van der Waals surface area contributed by atoms with Crippen LogP contribution in [0.5, 0.6) is 0 Å². The molecule has 2 atom stereocenters. The Morgan fingerprint density at radius 1 is 1.17 bits per heavy atom. The molecule has 0 aromatic heterocycles. The lowest BCUT2D eigenvalue weighted by Crippen LogP contribution is -2.38. The molecule has 102 valence electrons. The Kier molecular flexibility index (Phi) is 7.70. The van der Waals surface area contributed by atoms with Crippen LogP contribution < -0.4 is 11.3 Å². The number of unbranched alkanes of at least 4 members (excludes halogenated alkanes) is 1. The Bertz CT molecular complexity index is 297. The van der Waals surface area contributed by atoms with E-state index in [-0.39, 0.29) is 0 Å². The van der Waals surface area contributed by atoms with Gasteiger partial charge in [0.2, 0.25) is 0 Å². The molecule has 1 rings (SSSR count). The van der Waals surface area contributed by atoms with Crippen LogP contribution in [-0.2, 0) is 6.42 Å². The molecule has 2 unspecified atom stereocenters. The lowest BCUT2D eigenvalue weighted by molar-refractivity contribution is 0.350. The van der Waals surface area contributed by atoms with Gasteiger partial charge in [0.15, 0.2) is 0 Å². The second-order valence-corrected chi connectivity index (χ2v) is 5.21. The molecule has 18 heavy (non-hydrogen) atoms. The second-order valence-electron chi connectivity index (χ2n) is 5.21. The molecule has 0 amide bonds. The van der Waals surface area contributed by atoms with Crippen molar-refractivity contribution in [1.29, 1.82) is 0 Å². The predicted molar refractivity (Wildman–Crippen MR) is 79.2 cm³/mol. The van der Waals surface area contributed by atoms with E-state index in [4.69, 9.17) is 5.84 Å². The fourth-order valence-electron chi connectivity index (χ4n) is 2.49. The summed E-state index contributed by atoms with van der Waals surface area (Å²) in [4.78, 5) is 0. The van der Waals surface area contributed by atoms with Crippen LogP contribution in [0.25, 0.3) is 0 Å². The van der Waals surface area contributed by atoms with Gasteiger partial charge in [-0.3, -0.25) is 11.3 Å². The molecule has 2 nitrogen and oxygen atoms in total. The maximum Gasteiger partial charge on any atom is 0.0253 e. The molecule has 0 saturated heterocycles. The number of benzene rings is 1. The van der Waals surface area contributed by atoms with E-state index in [1.54, 1.807) is 0 Å². The zero-order chi connectivity index (χ0) is 13.2. The summed E-state index contributed by atoms with van der Waals surface area (Å²) in [6.07, 6.45) is 7.42. The molecule has 0 aliphatic rings. The van der Waals surface area contributed by atoms with Gasteiger partial charge >= 0.3 is 0 Å². The third kappa shape index (κ3) is 5.65. The van der Waals surface area contributed by atoms with Crippen molar-refractivity contribution in [2.75, 3.05) is 0 Å². The van der Waals surface area contributed by atoms with Crippen LogP contribution in [-0.4, -0.2) is 6.04 Å². The van der Waals surface area contributed by atoms with Gasteiger partial charge in [-0.05, 0) is 24.3 Å². The Balaban J connectivity index is 2.45. The molecule has 0 saturated carbocycles. The Labute approximate surface area is 112 Å². The highest BCUT2D eigenvalue weighted by Gasteiger charge is 2.14. The SMILES string of the molecule is CCCCC(CC)CC(Cc1ccccc1)NN. The van der Waals surface area contributed by atoms with Crippen molar-refractivity contribution in [1.82, 2.24) is 5.43 Å². The molecule has 1 aromatic carbocycles. The molecule has 0 aliphatic heterocycles. The van der Waals surface area contributed by atoms with Crippen LogP contribution in [0.15, 0.2) is 30.3 Å². The van der Waals surface area contributed by atoms with Crippen LogP contribution in [0.2, 0.25) is 0 Å². The maximum absolute atomic E-state index is 5.70. The normalized spacial score (nSPS) is 14.4. The third-order valence-corrected chi connectivity index (χ3v) is 3.72. The summed E-state index contributed by atoms with van der Waals surface area (Å²) >= 11 is 0. The van der Waals surface area contributed by atoms with E-state index in [0.717, 1.165) is 12.3 Å². The van der Waals surface area contributed by atoms with Gasteiger partial charge in [-0.1, -0.05) is 69.9 Å². The number of hydrogen-bond acceptors (Lipinski definition) is 2. The maximum atomic E-state index is 5.70. The van der Waals surface area contributed by atoms with Crippen molar-refractivity contribution >= 4 is 0 Å². The average molecular weight is 248 g/mol. The molecule has 0 heterocycles. The van der Waals surface area contributed by atoms with Crippen molar-refractivity contribution < 1.29 is 0 Å². The van der Waals surface area contributed by atoms with Gasteiger partial charge in [-0.2, -0.15) is 0 Å². The first-order chi connectivity index (χ1) is 8.80. The molecule has 0 fully saturated rings. The monoisotopic (exact) mass is 248 g/mol. The fourth-order valence-corrected chi connectivity index (χ4v) is 2.49. The lowest BCUT2D eigenvalue weighted by atomic mass is 9.90. The highest BCUT2D eigenvalue weighted by molar-refractivity contribution is 5.15. The minimum absolute atomic E-state index is 0.397. The summed E-state index contributed by atoms with van der Waals surface area (Å²) in [7, 11) is 0. The highest BCUT2D eigenvalue weighted by atomic mass is 15.2. The van der Waals surface area contributed by atoms with Gasteiger partial charge in [0.1, 0.15) is 0 Å². The van der Waals surface area contributed by atoms with E-state index in [0.29, 0.717) is 6.04 Å². The quantitative estimate of drug-likeness (QED) is 0.517. The first-order valence-corrected chi connectivity index (χ1v) is 7.30. The first-order valence-electron chi connectivity index (χ1n) is 7.30. The molecular weight excluding hydrogens is 220 g/mol. The number of rotatable bonds is 9. The first kappa shape index (κ1) is 15.2. The van der Waals surface area contributed by atoms with E-state index in [2.05, 4.69) is 49.6 Å². The van der Waals surface area contributed by atoms with Crippen molar-refractivity contribution in [2.45, 2.75) is 58.4 Å². The van der Waals surface area contributed by atoms with E-state index < -0.39 is 0 Å². The number of hydrogen-bond donors (Lipinski definition) is 2. The highest BCUT2D eigenvalue weighted by Crippen LogP contribution is 2.20. The summed E-state index contributed by atoms with van der Waals surface area (Å²) in [6, 6.07) is 11.0. The smallest absolute Gasteiger partial charge is 0.0253 e. The molecule has 0 radical (unpaired) electrons. The molecule has 0 spiro atoms. The topological polar surface area (TPSA) is 38.0 Å². The summed E-state index contributed by atoms with van der Waals surface area (Å²) in [5, 5.41) is 0. The van der Waals surface area contributed by atoms with E-state index >= 15 is 0 Å². The van der Waals surface area contributed by atoms with Crippen LogP contribution in [0.1, 0.15) is 51.5 Å². The van der Waals surface area contributed by atoms with Crippen LogP contribution in [0.4, 0.5) is 0 Å². The van der Waals surface area contributed by atoms with E-state index in [1.165, 1.54) is 37.7 Å². The standard InChI is InChI=1S/C16H28N2/c1-3-5-9-14(4-2)12-16(18-17)13-15-10-7-6-8-11-15/h6-8,10-11,14,16,18H,3-5,9,12-13,17H2,1-2H3. The number of nitrogens with two attached hydrogens (primary N) is 1. The zero-order valence-corrected chi connectivity index (χ0v) is 11.9. The fraction of sp³-hybridized carbons (Fsp3) is 0.625. The average Bonchev–Trinajstić information content (AvgIpc) is 2.43. The Morgan fingerprint density at radius 2 is 1.89 bits per heavy atom. The van der Waals surface area contributed by atoms with Crippen molar-refractivity contribution in [2.24, 2.45) is 11.8 Å². The van der Waals surface area contributed by atoms with Crippen molar-refractivity contribution in [3.05, 3.63) is 35.9 Å². The lowest BCUT2D eigenvalue weighted by Gasteiger charge is -2.22. The van der Waals surface area contributed by atoms with Gasteiger partial charge < -0.3 is 0 Å². The summed E-state index contributed by atoms with van der Waals surface area (Å²) in [5.74, 6) is 6.50. The third-order valence-electron chi connectivity index (χ3n) is 3.72. The van der Waals surface area contributed by atoms with Crippen molar-refractivity contribution in [3.8, 4) is 0 Å². The van der Waals surface area contributed by atoms with Crippen molar-refractivity contribution in [3.63, 3.8) is 0 Å². The van der Waals surface area contributed by atoms with Crippen LogP contribution in [0.3, 0.4) is 0 Å². The Morgan fingerprint density at radius 3 is 2.44 bits per heavy atom. The minimum atomic E-state index is 0.397. The summed E-state index contributed by atoms with van der Waals surface area (Å²) in [5.41, 5.74) is 4.36.